The average Bonchev–Trinajstić information content (AvgIpc) is 2.92. The van der Waals surface area contributed by atoms with E-state index in [0.717, 1.165) is 16.7 Å². The third kappa shape index (κ3) is 7.46. The van der Waals surface area contributed by atoms with Crippen LogP contribution in [-0.4, -0.2) is 28.8 Å². The summed E-state index contributed by atoms with van der Waals surface area (Å²) in [6, 6.07) is 15.6. The van der Waals surface area contributed by atoms with E-state index >= 15 is 0 Å². The molecule has 4 aromatic rings. The lowest BCUT2D eigenvalue weighted by molar-refractivity contribution is -0.128. The summed E-state index contributed by atoms with van der Waals surface area (Å²) in [6.45, 7) is 2.47. The van der Waals surface area contributed by atoms with E-state index in [0.29, 0.717) is 16.3 Å². The summed E-state index contributed by atoms with van der Waals surface area (Å²) in [5.74, 6) is -2.88. The Hall–Kier alpha value is -4.40. The lowest BCUT2D eigenvalue weighted by Crippen LogP contribution is -2.47. The zero-order valence-corrected chi connectivity index (χ0v) is 23.7. The van der Waals surface area contributed by atoms with Gasteiger partial charge in [0.05, 0.1) is 12.0 Å². The molecule has 15 heteroatoms. The highest BCUT2D eigenvalue weighted by Crippen LogP contribution is 2.25. The lowest BCUT2D eigenvalue weighted by atomic mass is 9.92. The van der Waals surface area contributed by atoms with Crippen LogP contribution in [0.4, 0.5) is 20.3 Å². The molecule has 220 valence electrons. The van der Waals surface area contributed by atoms with Gasteiger partial charge < -0.3 is 10.1 Å². The number of halogens is 3. The highest BCUT2D eigenvalue weighted by molar-refractivity contribution is 7.77. The molecule has 2 heterocycles. The number of aromatic nitrogens is 3. The standard InChI is InChI=1S/C27H24ClF2N5O6S/c1-27(2,25(37)33-42(39)40)15-35-23(36)13-22(34(26(35)38)14-16-3-5-17(28)6-4-16)31-18-7-9-19(10-8-18)41-24-20(29)11-12-21(30)32-24/h3-13,31H,14-15H2,1-2H3,(H,33,37)(H,39,40). The molecule has 1 amide bonds. The van der Waals surface area contributed by atoms with Gasteiger partial charge in [-0.3, -0.25) is 28.0 Å². The van der Waals surface area contributed by atoms with Crippen molar-refractivity contribution in [2.24, 2.45) is 5.41 Å². The molecule has 0 radical (unpaired) electrons. The van der Waals surface area contributed by atoms with Crippen molar-refractivity contribution in [1.29, 1.82) is 0 Å². The van der Waals surface area contributed by atoms with Gasteiger partial charge in [-0.1, -0.05) is 23.7 Å². The fourth-order valence-electron chi connectivity index (χ4n) is 3.81. The second-order valence-electron chi connectivity index (χ2n) is 9.69. The molecule has 2 aromatic heterocycles. The number of ether oxygens (including phenoxy) is 1. The smallest absolute Gasteiger partial charge is 0.332 e. The first-order valence-electron chi connectivity index (χ1n) is 12.2. The molecule has 0 aliphatic heterocycles. The van der Waals surface area contributed by atoms with Crippen molar-refractivity contribution in [3.8, 4) is 11.6 Å². The van der Waals surface area contributed by atoms with Crippen molar-refractivity contribution in [2.75, 3.05) is 5.32 Å². The molecule has 42 heavy (non-hydrogen) atoms. The molecule has 0 aliphatic carbocycles. The zero-order valence-electron chi connectivity index (χ0n) is 22.1. The molecule has 0 bridgehead atoms. The molecule has 0 fully saturated rings. The van der Waals surface area contributed by atoms with Crippen molar-refractivity contribution in [1.82, 2.24) is 18.8 Å². The van der Waals surface area contributed by atoms with E-state index in [2.05, 4.69) is 10.3 Å². The number of carbonyl (C=O) groups is 1. The first kappa shape index (κ1) is 30.6. The molecule has 0 saturated heterocycles. The van der Waals surface area contributed by atoms with Gasteiger partial charge >= 0.3 is 5.69 Å². The van der Waals surface area contributed by atoms with Gasteiger partial charge in [0, 0.05) is 23.3 Å². The molecule has 0 spiro atoms. The fraction of sp³-hybridized carbons (Fsp3) is 0.185. The SMILES string of the molecule is CC(C)(Cn1c(=O)cc(Nc2ccc(Oc3nc(F)ccc3F)cc2)n(Cc2ccc(Cl)cc2)c1=O)C(=O)NS(=O)O. The number of anilines is 2. The van der Waals surface area contributed by atoms with Crippen LogP contribution >= 0.6 is 11.6 Å². The maximum absolute atomic E-state index is 13.9. The predicted molar refractivity (Wildman–Crippen MR) is 152 cm³/mol. The number of amides is 1. The maximum atomic E-state index is 13.9. The molecule has 4 rings (SSSR count). The number of nitrogens with one attached hydrogen (secondary N) is 2. The van der Waals surface area contributed by atoms with Gasteiger partial charge in [0.1, 0.15) is 11.6 Å². The molecule has 1 atom stereocenters. The van der Waals surface area contributed by atoms with Crippen LogP contribution in [0.3, 0.4) is 0 Å². The normalized spacial score (nSPS) is 12.0. The first-order chi connectivity index (χ1) is 19.8. The summed E-state index contributed by atoms with van der Waals surface area (Å²) in [5, 5.41) is 3.49. The minimum Gasteiger partial charge on any atom is -0.436 e. The number of benzene rings is 2. The second kappa shape index (κ2) is 12.6. The first-order valence-corrected chi connectivity index (χ1v) is 13.7. The third-order valence-corrected chi connectivity index (χ3v) is 6.61. The van der Waals surface area contributed by atoms with E-state index in [1.165, 1.54) is 48.7 Å². The van der Waals surface area contributed by atoms with Gasteiger partial charge in [-0.05, 0) is 67.9 Å². The van der Waals surface area contributed by atoms with Crippen molar-refractivity contribution in [2.45, 2.75) is 26.9 Å². The molecule has 2 aromatic carbocycles. The van der Waals surface area contributed by atoms with Crippen LogP contribution in [0, 0.1) is 17.2 Å². The van der Waals surface area contributed by atoms with E-state index < -0.39 is 51.5 Å². The molecular formula is C27H24ClF2N5O6S. The zero-order chi connectivity index (χ0) is 30.6. The number of rotatable bonds is 10. The summed E-state index contributed by atoms with van der Waals surface area (Å²) in [4.78, 5) is 42.5. The molecular weight excluding hydrogens is 596 g/mol. The van der Waals surface area contributed by atoms with E-state index in [1.807, 2.05) is 4.72 Å². The predicted octanol–water partition coefficient (Wildman–Crippen LogP) is 4.20. The van der Waals surface area contributed by atoms with Crippen LogP contribution < -0.4 is 26.0 Å². The molecule has 0 aliphatic rings. The van der Waals surface area contributed by atoms with E-state index in [9.17, 15) is 27.4 Å². The van der Waals surface area contributed by atoms with E-state index in [-0.39, 0.29) is 24.7 Å². The largest absolute Gasteiger partial charge is 0.436 e. The Labute approximate surface area is 245 Å². The van der Waals surface area contributed by atoms with Gasteiger partial charge in [0.2, 0.25) is 11.9 Å². The minimum absolute atomic E-state index is 0.0115. The number of hydrogen-bond donors (Lipinski definition) is 3. The van der Waals surface area contributed by atoms with Gasteiger partial charge in [0.25, 0.3) is 22.7 Å². The Bertz CT molecular complexity index is 1760. The van der Waals surface area contributed by atoms with Gasteiger partial charge in [-0.2, -0.15) is 9.37 Å². The molecule has 0 saturated carbocycles. The summed E-state index contributed by atoms with van der Waals surface area (Å²) in [5.41, 5.74) is -1.79. The number of carbonyl (C=O) groups excluding carboxylic acids is 1. The molecule has 1 unspecified atom stereocenters. The van der Waals surface area contributed by atoms with Gasteiger partial charge in [-0.15, -0.1) is 0 Å². The maximum Gasteiger partial charge on any atom is 0.332 e. The summed E-state index contributed by atoms with van der Waals surface area (Å²) in [7, 11) is 0. The Morgan fingerprint density at radius 1 is 1.05 bits per heavy atom. The Morgan fingerprint density at radius 2 is 1.71 bits per heavy atom. The molecule has 11 nitrogen and oxygen atoms in total. The van der Waals surface area contributed by atoms with Crippen molar-refractivity contribution >= 4 is 40.3 Å². The third-order valence-electron chi connectivity index (χ3n) is 6.00. The average molecular weight is 620 g/mol. The minimum atomic E-state index is -2.62. The monoisotopic (exact) mass is 619 g/mol. The summed E-state index contributed by atoms with van der Waals surface area (Å²) >= 11 is 3.37. The Balaban J connectivity index is 1.68. The van der Waals surface area contributed by atoms with E-state index in [4.69, 9.17) is 20.9 Å². The number of hydrogen-bond acceptors (Lipinski definition) is 7. The highest BCUT2D eigenvalue weighted by atomic mass is 35.5. The number of pyridine rings is 1. The van der Waals surface area contributed by atoms with Gasteiger partial charge in [-0.25, -0.2) is 13.4 Å². The van der Waals surface area contributed by atoms with Crippen LogP contribution in [-0.2, 0) is 29.2 Å². The van der Waals surface area contributed by atoms with Crippen molar-refractivity contribution in [3.63, 3.8) is 0 Å². The van der Waals surface area contributed by atoms with Crippen molar-refractivity contribution < 1.29 is 27.1 Å². The lowest BCUT2D eigenvalue weighted by Gasteiger charge is -2.24. The number of nitrogens with zero attached hydrogens (tertiary/aromatic N) is 3. The Morgan fingerprint density at radius 3 is 2.36 bits per heavy atom. The topological polar surface area (TPSA) is 145 Å². The summed E-state index contributed by atoms with van der Waals surface area (Å²) < 4.78 is 56.7. The quantitative estimate of drug-likeness (QED) is 0.177. The fourth-order valence-corrected chi connectivity index (χ4v) is 4.37. The molecule has 3 N–H and O–H groups in total. The van der Waals surface area contributed by atoms with Crippen LogP contribution in [0.25, 0.3) is 0 Å². The summed E-state index contributed by atoms with van der Waals surface area (Å²) in [6.07, 6.45) is 0. The van der Waals surface area contributed by atoms with Crippen LogP contribution in [0.5, 0.6) is 11.6 Å². The van der Waals surface area contributed by atoms with Gasteiger partial charge in [0.15, 0.2) is 5.82 Å². The Kier molecular flexibility index (Phi) is 9.19. The van der Waals surface area contributed by atoms with Crippen molar-refractivity contribution in [3.05, 3.63) is 110 Å². The van der Waals surface area contributed by atoms with Crippen LogP contribution in [0.15, 0.2) is 76.3 Å². The highest BCUT2D eigenvalue weighted by Gasteiger charge is 2.31. The van der Waals surface area contributed by atoms with Crippen LogP contribution in [0.2, 0.25) is 5.02 Å². The van der Waals surface area contributed by atoms with Crippen LogP contribution in [0.1, 0.15) is 19.4 Å². The second-order valence-corrected chi connectivity index (χ2v) is 10.8. The van der Waals surface area contributed by atoms with E-state index in [1.54, 1.807) is 24.3 Å².